The summed E-state index contributed by atoms with van der Waals surface area (Å²) >= 11 is 0. The number of rotatable bonds is 7. The highest BCUT2D eigenvalue weighted by molar-refractivity contribution is 6.00. The maximum absolute atomic E-state index is 12.0. The predicted octanol–water partition coefficient (Wildman–Crippen LogP) is 2.49. The van der Waals surface area contributed by atoms with Crippen molar-refractivity contribution in [1.29, 1.82) is 0 Å². The van der Waals surface area contributed by atoms with Crippen molar-refractivity contribution >= 4 is 17.3 Å². The molecule has 7 nitrogen and oxygen atoms in total. The molecule has 1 aliphatic rings. The van der Waals surface area contributed by atoms with Gasteiger partial charge >= 0.3 is 0 Å². The SMILES string of the molecule is CNC(=O)c1cc([N+](=O)[O-])ccc1NC[C@H]1CCCN1CC(C)C. The topological polar surface area (TPSA) is 87.5 Å². The van der Waals surface area contributed by atoms with Crippen LogP contribution in [0.15, 0.2) is 18.2 Å². The Labute approximate surface area is 142 Å². The minimum absolute atomic E-state index is 0.0820. The van der Waals surface area contributed by atoms with Crippen LogP contribution in [0, 0.1) is 16.0 Å². The van der Waals surface area contributed by atoms with Crippen molar-refractivity contribution in [3.8, 4) is 0 Å². The standard InChI is InChI=1S/C17H26N4O3/c1-12(2)11-20-8-4-5-14(20)10-19-16-7-6-13(21(23)24)9-15(16)17(22)18-3/h6-7,9,12,14,19H,4-5,8,10-11H2,1-3H3,(H,18,22)/t14-/m1/s1. The predicted molar refractivity (Wildman–Crippen MR) is 94.4 cm³/mol. The molecule has 0 bridgehead atoms. The van der Waals surface area contributed by atoms with Crippen LogP contribution < -0.4 is 10.6 Å². The molecule has 1 aliphatic heterocycles. The lowest BCUT2D eigenvalue weighted by Gasteiger charge is -2.27. The fourth-order valence-electron chi connectivity index (χ4n) is 3.19. The van der Waals surface area contributed by atoms with Gasteiger partial charge < -0.3 is 10.6 Å². The van der Waals surface area contributed by atoms with Crippen LogP contribution >= 0.6 is 0 Å². The number of nitro benzene ring substituents is 1. The van der Waals surface area contributed by atoms with Crippen LogP contribution in [0.25, 0.3) is 0 Å². The Bertz CT molecular complexity index is 603. The van der Waals surface area contributed by atoms with E-state index in [4.69, 9.17) is 0 Å². The van der Waals surface area contributed by atoms with Crippen LogP contribution in [0.4, 0.5) is 11.4 Å². The number of benzene rings is 1. The van der Waals surface area contributed by atoms with Gasteiger partial charge in [0, 0.05) is 44.0 Å². The molecule has 2 rings (SSSR count). The lowest BCUT2D eigenvalue weighted by molar-refractivity contribution is -0.384. The molecule has 1 amide bonds. The van der Waals surface area contributed by atoms with Crippen LogP contribution in [0.3, 0.4) is 0 Å². The van der Waals surface area contributed by atoms with Crippen molar-refractivity contribution in [1.82, 2.24) is 10.2 Å². The fourth-order valence-corrected chi connectivity index (χ4v) is 3.19. The molecule has 7 heteroatoms. The molecule has 1 fully saturated rings. The van der Waals surface area contributed by atoms with Crippen LogP contribution in [0.1, 0.15) is 37.0 Å². The van der Waals surface area contributed by atoms with Gasteiger partial charge in [0.05, 0.1) is 10.5 Å². The summed E-state index contributed by atoms with van der Waals surface area (Å²) in [6.07, 6.45) is 2.31. The molecule has 2 N–H and O–H groups in total. The summed E-state index contributed by atoms with van der Waals surface area (Å²) in [6.45, 7) is 7.32. The molecular weight excluding hydrogens is 308 g/mol. The van der Waals surface area contributed by atoms with E-state index < -0.39 is 4.92 Å². The van der Waals surface area contributed by atoms with E-state index in [1.165, 1.54) is 25.6 Å². The molecular formula is C17H26N4O3. The molecule has 1 saturated heterocycles. The number of hydrogen-bond donors (Lipinski definition) is 2. The fraction of sp³-hybridized carbons (Fsp3) is 0.588. The Morgan fingerprint density at radius 2 is 2.21 bits per heavy atom. The van der Waals surface area contributed by atoms with E-state index in [1.54, 1.807) is 6.07 Å². The smallest absolute Gasteiger partial charge is 0.270 e. The first-order chi connectivity index (χ1) is 11.4. The first kappa shape index (κ1) is 18.2. The van der Waals surface area contributed by atoms with Gasteiger partial charge in [-0.05, 0) is 31.4 Å². The molecule has 1 aromatic rings. The average Bonchev–Trinajstić information content (AvgIpc) is 2.98. The monoisotopic (exact) mass is 334 g/mol. The van der Waals surface area contributed by atoms with Gasteiger partial charge in [0.1, 0.15) is 0 Å². The molecule has 0 spiro atoms. The van der Waals surface area contributed by atoms with Gasteiger partial charge in [-0.1, -0.05) is 13.8 Å². The lowest BCUT2D eigenvalue weighted by Crippen LogP contribution is -2.37. The van der Waals surface area contributed by atoms with Crippen LogP contribution in [-0.2, 0) is 0 Å². The maximum atomic E-state index is 12.0. The van der Waals surface area contributed by atoms with E-state index in [2.05, 4.69) is 29.4 Å². The highest BCUT2D eigenvalue weighted by atomic mass is 16.6. The minimum atomic E-state index is -0.489. The molecule has 24 heavy (non-hydrogen) atoms. The maximum Gasteiger partial charge on any atom is 0.270 e. The van der Waals surface area contributed by atoms with Crippen molar-refractivity contribution in [3.63, 3.8) is 0 Å². The van der Waals surface area contributed by atoms with Crippen molar-refractivity contribution < 1.29 is 9.72 Å². The normalized spacial score (nSPS) is 17.9. The summed E-state index contributed by atoms with van der Waals surface area (Å²) < 4.78 is 0. The number of carbonyl (C=O) groups is 1. The number of hydrogen-bond acceptors (Lipinski definition) is 5. The van der Waals surface area contributed by atoms with Crippen molar-refractivity contribution in [2.24, 2.45) is 5.92 Å². The third kappa shape index (κ3) is 4.44. The van der Waals surface area contributed by atoms with Crippen LogP contribution in [0.2, 0.25) is 0 Å². The molecule has 0 aromatic heterocycles. The lowest BCUT2D eigenvalue weighted by atomic mass is 10.1. The zero-order valence-corrected chi connectivity index (χ0v) is 14.5. The zero-order valence-electron chi connectivity index (χ0n) is 14.5. The highest BCUT2D eigenvalue weighted by Crippen LogP contribution is 2.24. The summed E-state index contributed by atoms with van der Waals surface area (Å²) in [6, 6.07) is 4.79. The first-order valence-electron chi connectivity index (χ1n) is 8.40. The number of anilines is 1. The molecule has 0 radical (unpaired) electrons. The quantitative estimate of drug-likeness (QED) is 0.591. The summed E-state index contributed by atoms with van der Waals surface area (Å²) in [5.41, 5.74) is 0.859. The van der Waals surface area contributed by atoms with Crippen LogP contribution in [0.5, 0.6) is 0 Å². The third-order valence-electron chi connectivity index (χ3n) is 4.31. The number of amides is 1. The Kier molecular flexibility index (Phi) is 6.14. The van der Waals surface area contributed by atoms with Gasteiger partial charge in [-0.3, -0.25) is 19.8 Å². The first-order valence-corrected chi connectivity index (χ1v) is 8.40. The van der Waals surface area contributed by atoms with Gasteiger partial charge in [0.2, 0.25) is 0 Å². The number of non-ortho nitro benzene ring substituents is 1. The van der Waals surface area contributed by atoms with Gasteiger partial charge in [-0.25, -0.2) is 0 Å². The second kappa shape index (κ2) is 8.10. The second-order valence-corrected chi connectivity index (χ2v) is 6.63. The Morgan fingerprint density at radius 1 is 1.46 bits per heavy atom. The van der Waals surface area contributed by atoms with Crippen molar-refractivity contribution in [3.05, 3.63) is 33.9 Å². The molecule has 0 saturated carbocycles. The van der Waals surface area contributed by atoms with Gasteiger partial charge in [-0.2, -0.15) is 0 Å². The van der Waals surface area contributed by atoms with Gasteiger partial charge in [0.25, 0.3) is 11.6 Å². The minimum Gasteiger partial charge on any atom is -0.383 e. The zero-order chi connectivity index (χ0) is 17.7. The summed E-state index contributed by atoms with van der Waals surface area (Å²) in [7, 11) is 1.52. The Hall–Kier alpha value is -2.15. The summed E-state index contributed by atoms with van der Waals surface area (Å²) in [4.78, 5) is 25.0. The summed E-state index contributed by atoms with van der Waals surface area (Å²) in [5, 5.41) is 16.8. The average molecular weight is 334 g/mol. The molecule has 132 valence electrons. The van der Waals surface area contributed by atoms with Crippen LogP contribution in [-0.4, -0.2) is 48.5 Å². The number of carbonyl (C=O) groups excluding carboxylic acids is 1. The molecule has 1 aromatic carbocycles. The van der Waals surface area contributed by atoms with Gasteiger partial charge in [0.15, 0.2) is 0 Å². The van der Waals surface area contributed by atoms with E-state index in [1.807, 2.05) is 0 Å². The Balaban J connectivity index is 2.11. The molecule has 1 atom stereocenters. The van der Waals surface area contributed by atoms with Gasteiger partial charge in [-0.15, -0.1) is 0 Å². The number of likely N-dealkylation sites (tertiary alicyclic amines) is 1. The van der Waals surface area contributed by atoms with E-state index in [0.717, 1.165) is 26.1 Å². The second-order valence-electron chi connectivity index (χ2n) is 6.63. The van der Waals surface area contributed by atoms with Crippen molar-refractivity contribution in [2.75, 3.05) is 32.0 Å². The number of nitro groups is 1. The van der Waals surface area contributed by atoms with E-state index in [-0.39, 0.29) is 11.6 Å². The molecule has 0 aliphatic carbocycles. The Morgan fingerprint density at radius 3 is 2.83 bits per heavy atom. The van der Waals surface area contributed by atoms with E-state index >= 15 is 0 Å². The third-order valence-corrected chi connectivity index (χ3v) is 4.31. The van der Waals surface area contributed by atoms with Crippen molar-refractivity contribution in [2.45, 2.75) is 32.7 Å². The number of nitrogens with one attached hydrogen (secondary N) is 2. The summed E-state index contributed by atoms with van der Waals surface area (Å²) in [5.74, 6) is 0.290. The number of nitrogens with zero attached hydrogens (tertiary/aromatic N) is 2. The molecule has 0 unspecified atom stereocenters. The van der Waals surface area contributed by atoms with E-state index in [9.17, 15) is 14.9 Å². The largest absolute Gasteiger partial charge is 0.383 e. The molecule has 1 heterocycles. The van der Waals surface area contributed by atoms with E-state index in [0.29, 0.717) is 23.2 Å². The highest BCUT2D eigenvalue weighted by Gasteiger charge is 2.25.